The lowest BCUT2D eigenvalue weighted by molar-refractivity contribution is -0.121. The van der Waals surface area contributed by atoms with Crippen molar-refractivity contribution in [3.8, 4) is 0 Å². The molecule has 3 nitrogen and oxygen atoms in total. The first kappa shape index (κ1) is 12.9. The summed E-state index contributed by atoms with van der Waals surface area (Å²) in [5, 5.41) is 3.15. The highest BCUT2D eigenvalue weighted by Gasteiger charge is 2.14. The maximum atomic E-state index is 11.9. The number of benzene rings is 1. The molecule has 1 aliphatic rings. The van der Waals surface area contributed by atoms with Crippen molar-refractivity contribution in [3.05, 3.63) is 29.8 Å². The largest absolute Gasteiger partial charge is 0.399 e. The molecule has 0 radical (unpaired) electrons. The molecule has 0 heterocycles. The number of carbonyl (C=O) groups is 1. The molecule has 1 aromatic rings. The minimum atomic E-state index is 0.131. The number of carbonyl (C=O) groups excluding carboxylic acids is 1. The molecule has 18 heavy (non-hydrogen) atoms. The van der Waals surface area contributed by atoms with Crippen LogP contribution in [0, 0.1) is 0 Å². The van der Waals surface area contributed by atoms with E-state index in [1.807, 2.05) is 24.3 Å². The van der Waals surface area contributed by atoms with E-state index < -0.39 is 0 Å². The van der Waals surface area contributed by atoms with Crippen LogP contribution in [0.15, 0.2) is 24.3 Å². The smallest absolute Gasteiger partial charge is 0.224 e. The topological polar surface area (TPSA) is 55.1 Å². The van der Waals surface area contributed by atoms with E-state index in [1.54, 1.807) is 0 Å². The highest BCUT2D eigenvalue weighted by molar-refractivity contribution is 5.78. The van der Waals surface area contributed by atoms with Crippen LogP contribution in [0.1, 0.15) is 44.1 Å². The van der Waals surface area contributed by atoms with Gasteiger partial charge in [-0.05, 0) is 30.5 Å². The van der Waals surface area contributed by atoms with Gasteiger partial charge in [0.1, 0.15) is 0 Å². The lowest BCUT2D eigenvalue weighted by atomic mass is 10.1. The molecule has 1 aliphatic carbocycles. The highest BCUT2D eigenvalue weighted by Crippen LogP contribution is 2.17. The standard InChI is InChI=1S/C15H22N2O/c16-13-9-7-12(8-10-13)11-15(18)17-14-5-3-1-2-4-6-14/h7-10,14H,1-6,11,16H2,(H,17,18). The van der Waals surface area contributed by atoms with Crippen LogP contribution < -0.4 is 11.1 Å². The van der Waals surface area contributed by atoms with E-state index in [-0.39, 0.29) is 5.91 Å². The normalized spacial score (nSPS) is 17.1. The van der Waals surface area contributed by atoms with Crippen molar-refractivity contribution in [1.82, 2.24) is 5.32 Å². The molecule has 1 saturated carbocycles. The maximum Gasteiger partial charge on any atom is 0.224 e. The van der Waals surface area contributed by atoms with Gasteiger partial charge in [-0.1, -0.05) is 37.8 Å². The van der Waals surface area contributed by atoms with Crippen LogP contribution in [0.3, 0.4) is 0 Å². The van der Waals surface area contributed by atoms with Crippen molar-refractivity contribution in [3.63, 3.8) is 0 Å². The second-order valence-corrected chi connectivity index (χ2v) is 5.17. The van der Waals surface area contributed by atoms with Gasteiger partial charge in [-0.3, -0.25) is 4.79 Å². The molecule has 0 aliphatic heterocycles. The van der Waals surface area contributed by atoms with Gasteiger partial charge in [-0.25, -0.2) is 0 Å². The summed E-state index contributed by atoms with van der Waals surface area (Å²) in [5.41, 5.74) is 7.39. The second-order valence-electron chi connectivity index (χ2n) is 5.17. The molecule has 0 aromatic heterocycles. The Morgan fingerprint density at radius 1 is 1.11 bits per heavy atom. The number of amides is 1. The Hall–Kier alpha value is -1.51. The van der Waals surface area contributed by atoms with Gasteiger partial charge in [-0.15, -0.1) is 0 Å². The fraction of sp³-hybridized carbons (Fsp3) is 0.533. The van der Waals surface area contributed by atoms with Crippen molar-refractivity contribution < 1.29 is 4.79 Å². The predicted octanol–water partition coefficient (Wildman–Crippen LogP) is 2.65. The van der Waals surface area contributed by atoms with Crippen LogP contribution in [-0.4, -0.2) is 11.9 Å². The zero-order valence-electron chi connectivity index (χ0n) is 10.8. The van der Waals surface area contributed by atoms with Gasteiger partial charge >= 0.3 is 0 Å². The van der Waals surface area contributed by atoms with Crippen LogP contribution in [0.2, 0.25) is 0 Å². The van der Waals surface area contributed by atoms with E-state index in [0.29, 0.717) is 12.5 Å². The van der Waals surface area contributed by atoms with Crippen LogP contribution in [-0.2, 0) is 11.2 Å². The lowest BCUT2D eigenvalue weighted by Gasteiger charge is -2.16. The lowest BCUT2D eigenvalue weighted by Crippen LogP contribution is -2.35. The molecule has 0 saturated heterocycles. The van der Waals surface area contributed by atoms with Gasteiger partial charge in [0, 0.05) is 11.7 Å². The third-order valence-corrected chi connectivity index (χ3v) is 3.56. The first-order valence-electron chi connectivity index (χ1n) is 6.88. The quantitative estimate of drug-likeness (QED) is 0.636. The van der Waals surface area contributed by atoms with E-state index in [0.717, 1.165) is 24.1 Å². The van der Waals surface area contributed by atoms with Crippen molar-refractivity contribution in [2.75, 3.05) is 5.73 Å². The zero-order chi connectivity index (χ0) is 12.8. The van der Waals surface area contributed by atoms with Crippen LogP contribution in [0.25, 0.3) is 0 Å². The van der Waals surface area contributed by atoms with E-state index >= 15 is 0 Å². The Morgan fingerprint density at radius 2 is 1.72 bits per heavy atom. The number of rotatable bonds is 3. The first-order chi connectivity index (χ1) is 8.74. The van der Waals surface area contributed by atoms with E-state index in [2.05, 4.69) is 5.32 Å². The highest BCUT2D eigenvalue weighted by atomic mass is 16.1. The van der Waals surface area contributed by atoms with Gasteiger partial charge in [0.25, 0.3) is 0 Å². The molecule has 2 rings (SSSR count). The molecule has 0 bridgehead atoms. The Balaban J connectivity index is 1.82. The van der Waals surface area contributed by atoms with Crippen molar-refractivity contribution in [1.29, 1.82) is 0 Å². The summed E-state index contributed by atoms with van der Waals surface area (Å²) < 4.78 is 0. The van der Waals surface area contributed by atoms with Crippen molar-refractivity contribution in [2.45, 2.75) is 51.0 Å². The zero-order valence-corrected chi connectivity index (χ0v) is 10.8. The fourth-order valence-corrected chi connectivity index (χ4v) is 2.52. The third kappa shape index (κ3) is 4.06. The number of nitrogens with two attached hydrogens (primary N) is 1. The summed E-state index contributed by atoms with van der Waals surface area (Å²) in [7, 11) is 0. The van der Waals surface area contributed by atoms with Crippen LogP contribution in [0.4, 0.5) is 5.69 Å². The van der Waals surface area contributed by atoms with Gasteiger partial charge in [0.15, 0.2) is 0 Å². The molecule has 3 heteroatoms. The average Bonchev–Trinajstić information content (AvgIpc) is 2.61. The molecule has 1 aromatic carbocycles. The maximum absolute atomic E-state index is 11.9. The number of hydrogen-bond acceptors (Lipinski definition) is 2. The van der Waals surface area contributed by atoms with Crippen LogP contribution in [0.5, 0.6) is 0 Å². The molecule has 0 unspecified atom stereocenters. The SMILES string of the molecule is Nc1ccc(CC(=O)NC2CCCCCC2)cc1. The Morgan fingerprint density at radius 3 is 2.33 bits per heavy atom. The summed E-state index contributed by atoms with van der Waals surface area (Å²) >= 11 is 0. The number of nitrogen functional groups attached to an aromatic ring is 1. The second kappa shape index (κ2) is 6.43. The number of nitrogens with one attached hydrogen (secondary N) is 1. The Labute approximate surface area is 109 Å². The van der Waals surface area contributed by atoms with Crippen molar-refractivity contribution in [2.24, 2.45) is 0 Å². The number of anilines is 1. The Kier molecular flexibility index (Phi) is 4.62. The summed E-state index contributed by atoms with van der Waals surface area (Å²) in [6.07, 6.45) is 7.83. The van der Waals surface area contributed by atoms with E-state index in [9.17, 15) is 4.79 Å². The molecule has 0 atom stereocenters. The molecule has 1 fully saturated rings. The van der Waals surface area contributed by atoms with Gasteiger partial charge in [0.2, 0.25) is 5.91 Å². The molecular weight excluding hydrogens is 224 g/mol. The fourth-order valence-electron chi connectivity index (χ4n) is 2.52. The minimum absolute atomic E-state index is 0.131. The van der Waals surface area contributed by atoms with Crippen molar-refractivity contribution >= 4 is 11.6 Å². The van der Waals surface area contributed by atoms with Gasteiger partial charge < -0.3 is 11.1 Å². The summed E-state index contributed by atoms with van der Waals surface area (Å²) in [6, 6.07) is 7.90. The molecular formula is C15H22N2O. The summed E-state index contributed by atoms with van der Waals surface area (Å²) in [5.74, 6) is 0.131. The van der Waals surface area contributed by atoms with E-state index in [1.165, 1.54) is 25.7 Å². The first-order valence-corrected chi connectivity index (χ1v) is 6.88. The Bertz CT molecular complexity index is 378. The minimum Gasteiger partial charge on any atom is -0.399 e. The predicted molar refractivity (Wildman–Crippen MR) is 74.2 cm³/mol. The molecule has 0 spiro atoms. The van der Waals surface area contributed by atoms with Gasteiger partial charge in [-0.2, -0.15) is 0 Å². The van der Waals surface area contributed by atoms with E-state index in [4.69, 9.17) is 5.73 Å². The average molecular weight is 246 g/mol. The van der Waals surface area contributed by atoms with Crippen LogP contribution >= 0.6 is 0 Å². The number of hydrogen-bond donors (Lipinski definition) is 2. The monoisotopic (exact) mass is 246 g/mol. The third-order valence-electron chi connectivity index (χ3n) is 3.56. The van der Waals surface area contributed by atoms with Gasteiger partial charge in [0.05, 0.1) is 6.42 Å². The molecule has 3 N–H and O–H groups in total. The summed E-state index contributed by atoms with van der Waals surface area (Å²) in [6.45, 7) is 0. The molecule has 98 valence electrons. The summed E-state index contributed by atoms with van der Waals surface area (Å²) in [4.78, 5) is 11.9. The molecule has 1 amide bonds.